The Kier molecular flexibility index (Phi) is 4.80. The molecule has 1 aliphatic heterocycles. The molecule has 1 heterocycles. The fourth-order valence-corrected chi connectivity index (χ4v) is 2.36. The van der Waals surface area contributed by atoms with Gasteiger partial charge in [-0.05, 0) is 43.4 Å². The zero-order valence-corrected chi connectivity index (χ0v) is 11.7. The van der Waals surface area contributed by atoms with Crippen molar-refractivity contribution in [1.82, 2.24) is 4.90 Å². The molecule has 0 atom stereocenters. The summed E-state index contributed by atoms with van der Waals surface area (Å²) in [7, 11) is 2.15. The van der Waals surface area contributed by atoms with Crippen LogP contribution >= 0.6 is 0 Å². The van der Waals surface area contributed by atoms with Gasteiger partial charge in [0.05, 0.1) is 5.69 Å². The number of piperidine rings is 1. The van der Waals surface area contributed by atoms with Crippen LogP contribution in [0.3, 0.4) is 0 Å². The van der Waals surface area contributed by atoms with Gasteiger partial charge in [-0.3, -0.25) is 0 Å². The van der Waals surface area contributed by atoms with Gasteiger partial charge in [-0.15, -0.1) is 0 Å². The molecule has 98 valence electrons. The van der Waals surface area contributed by atoms with E-state index in [4.69, 9.17) is 4.99 Å². The highest BCUT2D eigenvalue weighted by atomic mass is 15.2. The van der Waals surface area contributed by atoms with E-state index in [0.717, 1.165) is 18.7 Å². The molecule has 1 aliphatic rings. The highest BCUT2D eigenvalue weighted by molar-refractivity contribution is 5.85. The minimum atomic E-state index is 1.10. The molecule has 0 N–H and O–H groups in total. The zero-order valence-electron chi connectivity index (χ0n) is 11.7. The molecule has 0 aliphatic carbocycles. The lowest BCUT2D eigenvalue weighted by atomic mass is 10.1. The van der Waals surface area contributed by atoms with Crippen molar-refractivity contribution in [3.05, 3.63) is 29.8 Å². The topological polar surface area (TPSA) is 15.6 Å². The van der Waals surface area contributed by atoms with E-state index in [0.29, 0.717) is 0 Å². The predicted octanol–water partition coefficient (Wildman–Crippen LogP) is 4.17. The van der Waals surface area contributed by atoms with Crippen molar-refractivity contribution in [2.75, 3.05) is 13.6 Å². The second-order valence-electron chi connectivity index (χ2n) is 5.18. The van der Waals surface area contributed by atoms with Crippen LogP contribution in [0.2, 0.25) is 0 Å². The van der Waals surface area contributed by atoms with Gasteiger partial charge < -0.3 is 4.90 Å². The molecule has 1 saturated heterocycles. The minimum absolute atomic E-state index is 1.10. The third-order valence-corrected chi connectivity index (χ3v) is 3.60. The summed E-state index contributed by atoms with van der Waals surface area (Å²) < 4.78 is 0. The molecule has 18 heavy (non-hydrogen) atoms. The Labute approximate surface area is 111 Å². The summed E-state index contributed by atoms with van der Waals surface area (Å²) in [5.41, 5.74) is 2.52. The van der Waals surface area contributed by atoms with Gasteiger partial charge in [0.1, 0.15) is 5.84 Å². The Balaban J connectivity index is 2.02. The summed E-state index contributed by atoms with van der Waals surface area (Å²) in [5.74, 6) is 1.24. The second kappa shape index (κ2) is 6.58. The summed E-state index contributed by atoms with van der Waals surface area (Å²) in [6.45, 7) is 3.38. The van der Waals surface area contributed by atoms with E-state index in [2.05, 4.69) is 43.1 Å². The highest BCUT2D eigenvalue weighted by Crippen LogP contribution is 2.18. The van der Waals surface area contributed by atoms with E-state index in [1.165, 1.54) is 43.5 Å². The second-order valence-corrected chi connectivity index (χ2v) is 5.18. The standard InChI is InChI=1S/C16H24N2/c1-3-4-7-14-9-11-15(12-10-14)17-16-8-5-6-13-18(16)2/h9-12H,3-8,13H2,1-2H3/b17-16+. The molecule has 0 unspecified atom stereocenters. The Bertz CT molecular complexity index is 392. The lowest BCUT2D eigenvalue weighted by Crippen LogP contribution is -2.31. The lowest BCUT2D eigenvalue weighted by molar-refractivity contribution is 0.434. The summed E-state index contributed by atoms with van der Waals surface area (Å²) in [6.07, 6.45) is 7.41. The van der Waals surface area contributed by atoms with E-state index in [-0.39, 0.29) is 0 Å². The van der Waals surface area contributed by atoms with Gasteiger partial charge in [0.25, 0.3) is 0 Å². The molecule has 1 aromatic rings. The van der Waals surface area contributed by atoms with Crippen LogP contribution < -0.4 is 0 Å². The van der Waals surface area contributed by atoms with E-state index in [1.54, 1.807) is 0 Å². The maximum Gasteiger partial charge on any atom is 0.105 e. The van der Waals surface area contributed by atoms with Crippen molar-refractivity contribution in [2.24, 2.45) is 4.99 Å². The Morgan fingerprint density at radius 2 is 1.94 bits per heavy atom. The van der Waals surface area contributed by atoms with Crippen molar-refractivity contribution >= 4 is 11.5 Å². The van der Waals surface area contributed by atoms with E-state index >= 15 is 0 Å². The van der Waals surface area contributed by atoms with E-state index in [9.17, 15) is 0 Å². The minimum Gasteiger partial charge on any atom is -0.363 e. The van der Waals surface area contributed by atoms with Gasteiger partial charge in [0.2, 0.25) is 0 Å². The predicted molar refractivity (Wildman–Crippen MR) is 78.6 cm³/mol. The van der Waals surface area contributed by atoms with Gasteiger partial charge in [0.15, 0.2) is 0 Å². The van der Waals surface area contributed by atoms with Crippen molar-refractivity contribution in [1.29, 1.82) is 0 Å². The van der Waals surface area contributed by atoms with Crippen LogP contribution in [-0.4, -0.2) is 24.3 Å². The first-order chi connectivity index (χ1) is 8.79. The molecule has 0 saturated carbocycles. The zero-order chi connectivity index (χ0) is 12.8. The molecular weight excluding hydrogens is 220 g/mol. The first-order valence-electron chi connectivity index (χ1n) is 7.17. The molecule has 1 aromatic carbocycles. The Morgan fingerprint density at radius 3 is 2.61 bits per heavy atom. The highest BCUT2D eigenvalue weighted by Gasteiger charge is 2.11. The van der Waals surface area contributed by atoms with Crippen molar-refractivity contribution in [2.45, 2.75) is 45.4 Å². The molecule has 2 rings (SSSR count). The Morgan fingerprint density at radius 1 is 1.17 bits per heavy atom. The maximum atomic E-state index is 4.76. The fraction of sp³-hybridized carbons (Fsp3) is 0.562. The van der Waals surface area contributed by atoms with Crippen molar-refractivity contribution in [3.8, 4) is 0 Å². The van der Waals surface area contributed by atoms with E-state index < -0.39 is 0 Å². The molecule has 1 fully saturated rings. The summed E-state index contributed by atoms with van der Waals surface area (Å²) in [6, 6.07) is 8.75. The average Bonchev–Trinajstić information content (AvgIpc) is 2.41. The SMILES string of the molecule is CCCCc1ccc(/N=C2\CCCCN2C)cc1. The molecule has 2 heteroatoms. The van der Waals surface area contributed by atoms with Crippen LogP contribution in [0.25, 0.3) is 0 Å². The largest absolute Gasteiger partial charge is 0.363 e. The molecule has 0 amide bonds. The number of nitrogens with zero attached hydrogens (tertiary/aromatic N) is 2. The monoisotopic (exact) mass is 244 g/mol. The number of rotatable bonds is 4. The van der Waals surface area contributed by atoms with Crippen molar-refractivity contribution < 1.29 is 0 Å². The van der Waals surface area contributed by atoms with Gasteiger partial charge in [-0.2, -0.15) is 0 Å². The quantitative estimate of drug-likeness (QED) is 0.776. The molecule has 0 bridgehead atoms. The fourth-order valence-electron chi connectivity index (χ4n) is 2.36. The number of unbranched alkanes of at least 4 members (excludes halogenated alkanes) is 1. The molecule has 2 nitrogen and oxygen atoms in total. The van der Waals surface area contributed by atoms with Crippen LogP contribution in [0.5, 0.6) is 0 Å². The summed E-state index contributed by atoms with van der Waals surface area (Å²) in [4.78, 5) is 7.05. The third-order valence-electron chi connectivity index (χ3n) is 3.60. The van der Waals surface area contributed by atoms with Crippen LogP contribution in [0.4, 0.5) is 5.69 Å². The molecule has 0 aromatic heterocycles. The number of benzene rings is 1. The molecule has 0 radical (unpaired) electrons. The maximum absolute atomic E-state index is 4.76. The third kappa shape index (κ3) is 3.59. The smallest absolute Gasteiger partial charge is 0.105 e. The summed E-state index contributed by atoms with van der Waals surface area (Å²) >= 11 is 0. The van der Waals surface area contributed by atoms with Gasteiger partial charge in [0, 0.05) is 20.0 Å². The Hall–Kier alpha value is -1.31. The van der Waals surface area contributed by atoms with Crippen LogP contribution in [0, 0.1) is 0 Å². The molecule has 0 spiro atoms. The van der Waals surface area contributed by atoms with Crippen LogP contribution in [-0.2, 0) is 6.42 Å². The first kappa shape index (κ1) is 13.1. The first-order valence-corrected chi connectivity index (χ1v) is 7.17. The van der Waals surface area contributed by atoms with Crippen LogP contribution in [0.15, 0.2) is 29.3 Å². The van der Waals surface area contributed by atoms with Gasteiger partial charge >= 0.3 is 0 Å². The molecular formula is C16H24N2. The van der Waals surface area contributed by atoms with Crippen molar-refractivity contribution in [3.63, 3.8) is 0 Å². The lowest BCUT2D eigenvalue weighted by Gasteiger charge is -2.26. The van der Waals surface area contributed by atoms with Gasteiger partial charge in [-0.1, -0.05) is 25.5 Å². The van der Waals surface area contributed by atoms with Crippen LogP contribution in [0.1, 0.15) is 44.6 Å². The summed E-state index contributed by atoms with van der Waals surface area (Å²) in [5, 5.41) is 0. The number of likely N-dealkylation sites (tertiary alicyclic amines) is 1. The normalized spacial score (nSPS) is 18.3. The van der Waals surface area contributed by atoms with E-state index in [1.807, 2.05) is 0 Å². The number of hydrogen-bond acceptors (Lipinski definition) is 1. The van der Waals surface area contributed by atoms with Gasteiger partial charge in [-0.25, -0.2) is 4.99 Å². The number of hydrogen-bond donors (Lipinski definition) is 0. The average molecular weight is 244 g/mol. The number of aliphatic imine (C=N–C) groups is 1. The number of aryl methyl sites for hydroxylation is 1. The number of amidine groups is 1.